The van der Waals surface area contributed by atoms with E-state index in [1.807, 2.05) is 0 Å². The fourth-order valence-corrected chi connectivity index (χ4v) is 3.72. The van der Waals surface area contributed by atoms with Crippen LogP contribution in [0.4, 0.5) is 0 Å². The van der Waals surface area contributed by atoms with Crippen LogP contribution in [0.2, 0.25) is 10.0 Å². The van der Waals surface area contributed by atoms with Gasteiger partial charge >= 0.3 is 0 Å². The van der Waals surface area contributed by atoms with Gasteiger partial charge in [0.1, 0.15) is 11.3 Å². The third kappa shape index (κ3) is 2.51. The Balaban J connectivity index is 1.93. The molecule has 0 bridgehead atoms. The zero-order valence-corrected chi connectivity index (χ0v) is 13.7. The molecule has 1 unspecified atom stereocenters. The van der Waals surface area contributed by atoms with E-state index in [9.17, 15) is 9.90 Å². The number of aromatic hydroxyl groups is 1. The molecule has 5 nitrogen and oxygen atoms in total. The third-order valence-corrected chi connectivity index (χ3v) is 5.14. The minimum absolute atomic E-state index is 0.0325. The van der Waals surface area contributed by atoms with E-state index in [1.165, 1.54) is 13.2 Å². The molecule has 7 heteroatoms. The van der Waals surface area contributed by atoms with Gasteiger partial charge in [0, 0.05) is 31.2 Å². The molecule has 2 fully saturated rings. The molecule has 0 radical (unpaired) electrons. The molecule has 2 aliphatic rings. The van der Waals surface area contributed by atoms with Crippen molar-refractivity contribution in [3.8, 4) is 11.5 Å². The number of phenols is 1. The molecule has 1 aromatic carbocycles. The van der Waals surface area contributed by atoms with E-state index in [0.29, 0.717) is 19.7 Å². The second-order valence-corrected chi connectivity index (χ2v) is 6.66. The Hall–Kier alpha value is -1.17. The zero-order chi connectivity index (χ0) is 15.9. The van der Waals surface area contributed by atoms with Gasteiger partial charge in [0.25, 0.3) is 5.91 Å². The Morgan fingerprint density at radius 1 is 1.45 bits per heavy atom. The van der Waals surface area contributed by atoms with Crippen LogP contribution in [0, 0.1) is 5.41 Å². The molecular weight excluding hydrogens is 329 g/mol. The molecule has 1 spiro atoms. The predicted octanol–water partition coefficient (Wildman–Crippen LogP) is 2.96. The smallest absolute Gasteiger partial charge is 0.259 e. The fourth-order valence-electron chi connectivity index (χ4n) is 3.22. The van der Waals surface area contributed by atoms with Crippen molar-refractivity contribution in [1.82, 2.24) is 4.90 Å². The second-order valence-electron chi connectivity index (χ2n) is 5.88. The lowest BCUT2D eigenvalue weighted by atomic mass is 9.87. The van der Waals surface area contributed by atoms with Crippen molar-refractivity contribution < 1.29 is 19.4 Å². The summed E-state index contributed by atoms with van der Waals surface area (Å²) < 4.78 is 10.7. The molecule has 0 aliphatic carbocycles. The molecule has 1 N–H and O–H groups in total. The number of benzene rings is 1. The lowest BCUT2D eigenvalue weighted by Crippen LogP contribution is -2.32. The average molecular weight is 346 g/mol. The largest absolute Gasteiger partial charge is 0.506 e. The lowest BCUT2D eigenvalue weighted by molar-refractivity contribution is 0.0762. The van der Waals surface area contributed by atoms with Gasteiger partial charge < -0.3 is 19.5 Å². The lowest BCUT2D eigenvalue weighted by Gasteiger charge is -2.23. The van der Waals surface area contributed by atoms with E-state index in [1.54, 1.807) is 4.90 Å². The minimum atomic E-state index is -0.275. The summed E-state index contributed by atoms with van der Waals surface area (Å²) in [5, 5.41) is 9.96. The molecule has 120 valence electrons. The van der Waals surface area contributed by atoms with Crippen molar-refractivity contribution in [2.24, 2.45) is 5.41 Å². The van der Waals surface area contributed by atoms with Gasteiger partial charge in [-0.1, -0.05) is 23.2 Å². The highest BCUT2D eigenvalue weighted by Crippen LogP contribution is 2.43. The summed E-state index contributed by atoms with van der Waals surface area (Å²) in [6.45, 7) is 2.68. The topological polar surface area (TPSA) is 59.0 Å². The van der Waals surface area contributed by atoms with Crippen LogP contribution in [0.25, 0.3) is 0 Å². The molecule has 1 amide bonds. The summed E-state index contributed by atoms with van der Waals surface area (Å²) in [6.07, 6.45) is 1.87. The number of amides is 1. The number of hydrogen-bond donors (Lipinski definition) is 1. The Morgan fingerprint density at radius 2 is 2.23 bits per heavy atom. The van der Waals surface area contributed by atoms with Crippen LogP contribution < -0.4 is 4.74 Å². The van der Waals surface area contributed by atoms with Crippen LogP contribution in [0.3, 0.4) is 0 Å². The van der Waals surface area contributed by atoms with Gasteiger partial charge in [0.2, 0.25) is 0 Å². The van der Waals surface area contributed by atoms with E-state index < -0.39 is 0 Å². The van der Waals surface area contributed by atoms with E-state index in [2.05, 4.69) is 0 Å². The summed E-state index contributed by atoms with van der Waals surface area (Å²) >= 11 is 12.2. The summed E-state index contributed by atoms with van der Waals surface area (Å²) in [6, 6.07) is 1.27. The molecule has 2 saturated heterocycles. The maximum absolute atomic E-state index is 12.8. The number of rotatable bonds is 2. The van der Waals surface area contributed by atoms with Crippen LogP contribution >= 0.6 is 23.2 Å². The highest BCUT2D eigenvalue weighted by atomic mass is 35.5. The second kappa shape index (κ2) is 5.80. The highest BCUT2D eigenvalue weighted by Gasteiger charge is 2.43. The number of hydrogen-bond acceptors (Lipinski definition) is 4. The number of ether oxygens (including phenoxy) is 2. The Labute approximate surface area is 138 Å². The summed E-state index contributed by atoms with van der Waals surface area (Å²) in [5.41, 5.74) is 0.167. The van der Waals surface area contributed by atoms with E-state index in [-0.39, 0.29) is 38.4 Å². The molecule has 22 heavy (non-hydrogen) atoms. The van der Waals surface area contributed by atoms with Crippen molar-refractivity contribution >= 4 is 29.1 Å². The predicted molar refractivity (Wildman–Crippen MR) is 83.1 cm³/mol. The van der Waals surface area contributed by atoms with Crippen molar-refractivity contribution in [1.29, 1.82) is 0 Å². The molecule has 1 aromatic rings. The molecule has 2 heterocycles. The normalized spacial score (nSPS) is 24.2. The molecule has 3 rings (SSSR count). The summed E-state index contributed by atoms with van der Waals surface area (Å²) in [4.78, 5) is 14.6. The highest BCUT2D eigenvalue weighted by molar-refractivity contribution is 6.38. The number of carbonyl (C=O) groups excluding carboxylic acids is 1. The van der Waals surface area contributed by atoms with Crippen LogP contribution in [-0.2, 0) is 4.74 Å². The van der Waals surface area contributed by atoms with E-state index in [0.717, 1.165) is 19.4 Å². The zero-order valence-electron chi connectivity index (χ0n) is 12.2. The number of phenolic OH excluding ortho intramolecular Hbond substituents is 1. The molecule has 0 aromatic heterocycles. The Kier molecular flexibility index (Phi) is 4.14. The third-order valence-electron chi connectivity index (χ3n) is 4.48. The molecular formula is C15H17Cl2NO4. The van der Waals surface area contributed by atoms with Crippen LogP contribution in [0.1, 0.15) is 23.2 Å². The SMILES string of the molecule is COc1c(Cl)cc(O)c(Cl)c1C(=O)N1CCC2(CCOC2)C1. The molecule has 1 atom stereocenters. The summed E-state index contributed by atoms with van der Waals surface area (Å²) in [7, 11) is 1.42. The number of methoxy groups -OCH3 is 1. The Morgan fingerprint density at radius 3 is 2.86 bits per heavy atom. The monoisotopic (exact) mass is 345 g/mol. The van der Waals surface area contributed by atoms with Gasteiger partial charge in [0.15, 0.2) is 5.75 Å². The fraction of sp³-hybridized carbons (Fsp3) is 0.533. The van der Waals surface area contributed by atoms with Crippen LogP contribution in [-0.4, -0.2) is 49.3 Å². The van der Waals surface area contributed by atoms with Crippen LogP contribution in [0.5, 0.6) is 11.5 Å². The first-order chi connectivity index (χ1) is 10.5. The van der Waals surface area contributed by atoms with Crippen LogP contribution in [0.15, 0.2) is 6.07 Å². The summed E-state index contributed by atoms with van der Waals surface area (Å²) in [5.74, 6) is -0.310. The number of halogens is 2. The maximum atomic E-state index is 12.8. The number of carbonyl (C=O) groups is 1. The van der Waals surface area contributed by atoms with Gasteiger partial charge in [-0.15, -0.1) is 0 Å². The molecule has 0 saturated carbocycles. The van der Waals surface area contributed by atoms with Crippen molar-refractivity contribution in [3.05, 3.63) is 21.7 Å². The van der Waals surface area contributed by atoms with Gasteiger partial charge in [-0.3, -0.25) is 4.79 Å². The van der Waals surface area contributed by atoms with Gasteiger partial charge in [-0.2, -0.15) is 0 Å². The maximum Gasteiger partial charge on any atom is 0.259 e. The first kappa shape index (κ1) is 15.7. The first-order valence-electron chi connectivity index (χ1n) is 7.09. The van der Waals surface area contributed by atoms with Gasteiger partial charge in [-0.05, 0) is 12.8 Å². The minimum Gasteiger partial charge on any atom is -0.506 e. The van der Waals surface area contributed by atoms with Gasteiger partial charge in [0.05, 0.1) is 23.8 Å². The standard InChI is InChI=1S/C15H17Cl2NO4/c1-21-13-9(16)6-10(19)12(17)11(13)14(20)18-4-2-15(7-18)3-5-22-8-15/h6,19H,2-5,7-8H2,1H3. The van der Waals surface area contributed by atoms with Crippen molar-refractivity contribution in [2.75, 3.05) is 33.4 Å². The van der Waals surface area contributed by atoms with Crippen molar-refractivity contribution in [2.45, 2.75) is 12.8 Å². The average Bonchev–Trinajstić information content (AvgIpc) is 3.12. The van der Waals surface area contributed by atoms with Crippen molar-refractivity contribution in [3.63, 3.8) is 0 Å². The number of likely N-dealkylation sites (tertiary alicyclic amines) is 1. The van der Waals surface area contributed by atoms with E-state index >= 15 is 0 Å². The quantitative estimate of drug-likeness (QED) is 0.895. The number of nitrogens with zero attached hydrogens (tertiary/aromatic N) is 1. The Bertz CT molecular complexity index is 614. The van der Waals surface area contributed by atoms with E-state index in [4.69, 9.17) is 32.7 Å². The van der Waals surface area contributed by atoms with Gasteiger partial charge in [-0.25, -0.2) is 0 Å². The molecule has 2 aliphatic heterocycles. The first-order valence-corrected chi connectivity index (χ1v) is 7.85.